The highest BCUT2D eigenvalue weighted by atomic mass is 32.2. The van der Waals surface area contributed by atoms with Gasteiger partial charge in [0.2, 0.25) is 5.91 Å². The quantitative estimate of drug-likeness (QED) is 0.273. The lowest BCUT2D eigenvalue weighted by Crippen LogP contribution is -2.71. The maximum atomic E-state index is 13.6. The summed E-state index contributed by atoms with van der Waals surface area (Å²) in [5.41, 5.74) is 1.64. The van der Waals surface area contributed by atoms with Crippen LogP contribution in [-0.2, 0) is 23.9 Å². The van der Waals surface area contributed by atoms with Crippen molar-refractivity contribution in [1.29, 1.82) is 5.26 Å². The Kier molecular flexibility index (Phi) is 6.72. The number of methoxy groups -OCH3 is 1. The van der Waals surface area contributed by atoms with Crippen LogP contribution in [0.1, 0.15) is 31.1 Å². The molecule has 0 bridgehead atoms. The minimum Gasteiger partial charge on any atom is -0.448 e. The monoisotopic (exact) mass is 477 g/mol. The summed E-state index contributed by atoms with van der Waals surface area (Å²) in [6.45, 7) is 2.93. The van der Waals surface area contributed by atoms with Gasteiger partial charge in [0.1, 0.15) is 16.5 Å². The molecule has 1 saturated heterocycles. The topological polar surface area (TPSA) is 99.9 Å². The van der Waals surface area contributed by atoms with Crippen LogP contribution < -0.4 is 0 Å². The molecule has 2 aliphatic heterocycles. The molecule has 0 unspecified atom stereocenters. The van der Waals surface area contributed by atoms with E-state index in [2.05, 4.69) is 0 Å². The fourth-order valence-electron chi connectivity index (χ4n) is 4.16. The Bertz CT molecular complexity index is 1140. The Labute approximate surface area is 201 Å². The fraction of sp³-hybridized carbons (Fsp3) is 0.280. The molecule has 0 radical (unpaired) electrons. The van der Waals surface area contributed by atoms with Crippen LogP contribution in [0.3, 0.4) is 0 Å². The minimum absolute atomic E-state index is 0.0788. The summed E-state index contributed by atoms with van der Waals surface area (Å²) in [5.74, 6) is -1.73. The molecule has 34 heavy (non-hydrogen) atoms. The molecule has 174 valence electrons. The van der Waals surface area contributed by atoms with Gasteiger partial charge in [0.05, 0.1) is 0 Å². The molecule has 9 heteroatoms. The van der Waals surface area contributed by atoms with Crippen molar-refractivity contribution in [3.63, 3.8) is 0 Å². The van der Waals surface area contributed by atoms with E-state index in [1.165, 1.54) is 30.7 Å². The van der Waals surface area contributed by atoms with E-state index >= 15 is 0 Å². The van der Waals surface area contributed by atoms with Gasteiger partial charge >= 0.3 is 5.97 Å². The second kappa shape index (κ2) is 9.71. The molecule has 1 fully saturated rings. The Morgan fingerprint density at radius 3 is 2.12 bits per heavy atom. The Morgan fingerprint density at radius 2 is 1.65 bits per heavy atom. The molecule has 2 aliphatic rings. The highest BCUT2D eigenvalue weighted by molar-refractivity contribution is 8.00. The summed E-state index contributed by atoms with van der Waals surface area (Å²) >= 11 is 1.27. The zero-order valence-electron chi connectivity index (χ0n) is 18.9. The van der Waals surface area contributed by atoms with Crippen LogP contribution in [0.2, 0.25) is 0 Å². The summed E-state index contributed by atoms with van der Waals surface area (Å²) in [6, 6.07) is 17.7. The van der Waals surface area contributed by atoms with Crippen LogP contribution in [0.15, 0.2) is 71.9 Å². The van der Waals surface area contributed by atoms with Gasteiger partial charge in [0.25, 0.3) is 5.91 Å². The molecule has 2 aromatic rings. The molecule has 2 amide bonds. The van der Waals surface area contributed by atoms with Gasteiger partial charge in [-0.1, -0.05) is 72.4 Å². The van der Waals surface area contributed by atoms with E-state index in [0.717, 1.165) is 16.0 Å². The summed E-state index contributed by atoms with van der Waals surface area (Å²) in [5, 5.41) is 8.76. The van der Waals surface area contributed by atoms with Crippen molar-refractivity contribution in [2.75, 3.05) is 7.11 Å². The van der Waals surface area contributed by atoms with E-state index in [0.29, 0.717) is 5.57 Å². The first kappa shape index (κ1) is 23.5. The number of carbonyl (C=O) groups excluding carboxylic acids is 3. The number of amides is 2. The number of fused-ring (bicyclic) bond motifs is 1. The summed E-state index contributed by atoms with van der Waals surface area (Å²) in [7, 11) is 1.50. The molecule has 0 aromatic heterocycles. The van der Waals surface area contributed by atoms with Crippen molar-refractivity contribution in [2.24, 2.45) is 0 Å². The van der Waals surface area contributed by atoms with E-state index in [1.54, 1.807) is 13.1 Å². The number of nitrogens with zero attached hydrogens (tertiary/aromatic N) is 3. The molecule has 0 N–H and O–H groups in total. The number of nitriles is 1. The van der Waals surface area contributed by atoms with E-state index in [-0.39, 0.29) is 5.70 Å². The normalized spacial score (nSPS) is 21.4. The number of hydrogen-bond donors (Lipinski definition) is 0. The lowest BCUT2D eigenvalue weighted by molar-refractivity contribution is -0.159. The highest BCUT2D eigenvalue weighted by Gasteiger charge is 2.58. The average molecular weight is 478 g/mol. The first-order valence-corrected chi connectivity index (χ1v) is 11.6. The third-order valence-corrected chi connectivity index (χ3v) is 7.35. The number of benzene rings is 2. The van der Waals surface area contributed by atoms with Gasteiger partial charge in [-0.05, 0) is 23.6 Å². The van der Waals surface area contributed by atoms with Crippen molar-refractivity contribution < 1.29 is 23.9 Å². The molecular weight excluding hydrogens is 454 g/mol. The third kappa shape index (κ3) is 4.06. The number of rotatable bonds is 6. The maximum Gasteiger partial charge on any atom is 0.356 e. The number of carbonyl (C=O) groups is 3. The standard InChI is InChI=1S/C25H23N3O5S/c1-15-19(28-22(30)20(27(14-26)16(2)29)23(28)34-25(15)32-3)24(31)33-21(17-10-6-4-7-11-17)18-12-8-5-9-13-18/h4-13,20-21,23,25H,1-3H3/t20-,23-,25-/m0/s1. The van der Waals surface area contributed by atoms with Crippen LogP contribution in [0.5, 0.6) is 0 Å². The molecule has 0 saturated carbocycles. The molecular formula is C25H23N3O5S. The first-order chi connectivity index (χ1) is 16.4. The van der Waals surface area contributed by atoms with Gasteiger partial charge in [-0.3, -0.25) is 14.5 Å². The van der Waals surface area contributed by atoms with Gasteiger partial charge in [-0.25, -0.2) is 9.69 Å². The Hall–Kier alpha value is -3.61. The first-order valence-electron chi connectivity index (χ1n) is 10.6. The smallest absolute Gasteiger partial charge is 0.356 e. The summed E-state index contributed by atoms with van der Waals surface area (Å²) < 4.78 is 11.5. The lowest BCUT2D eigenvalue weighted by Gasteiger charge is -2.52. The average Bonchev–Trinajstić information content (AvgIpc) is 2.86. The number of hydrogen-bond acceptors (Lipinski definition) is 7. The van der Waals surface area contributed by atoms with Crippen molar-refractivity contribution >= 4 is 29.5 Å². The van der Waals surface area contributed by atoms with Gasteiger partial charge < -0.3 is 9.47 Å². The lowest BCUT2D eigenvalue weighted by atomic mass is 10.00. The van der Waals surface area contributed by atoms with E-state index in [4.69, 9.17) is 9.47 Å². The van der Waals surface area contributed by atoms with Gasteiger partial charge in [-0.2, -0.15) is 5.26 Å². The zero-order valence-corrected chi connectivity index (χ0v) is 19.7. The largest absolute Gasteiger partial charge is 0.448 e. The molecule has 0 spiro atoms. The number of β-lactam (4-membered cyclic amide) rings is 1. The van der Waals surface area contributed by atoms with Crippen LogP contribution in [0, 0.1) is 11.5 Å². The zero-order chi connectivity index (χ0) is 24.4. The van der Waals surface area contributed by atoms with Gasteiger partial charge in [0.15, 0.2) is 18.3 Å². The van der Waals surface area contributed by atoms with Crippen molar-refractivity contribution in [3.8, 4) is 6.19 Å². The second-order valence-electron chi connectivity index (χ2n) is 7.87. The molecule has 8 nitrogen and oxygen atoms in total. The molecule has 3 atom stereocenters. The van der Waals surface area contributed by atoms with Gasteiger partial charge in [0, 0.05) is 14.0 Å². The molecule has 0 aliphatic carbocycles. The number of thioether (sulfide) groups is 1. The summed E-state index contributed by atoms with van der Waals surface area (Å²) in [6.07, 6.45) is 1.09. The fourth-order valence-corrected chi connectivity index (χ4v) is 5.56. The van der Waals surface area contributed by atoms with E-state index < -0.39 is 40.7 Å². The van der Waals surface area contributed by atoms with Crippen molar-refractivity contribution in [1.82, 2.24) is 9.80 Å². The Balaban J connectivity index is 1.69. The third-order valence-electron chi connectivity index (χ3n) is 5.81. The van der Waals surface area contributed by atoms with Crippen molar-refractivity contribution in [2.45, 2.75) is 36.8 Å². The number of ether oxygens (including phenoxy) is 2. The minimum atomic E-state index is -1.000. The number of esters is 1. The predicted molar refractivity (Wildman–Crippen MR) is 124 cm³/mol. The summed E-state index contributed by atoms with van der Waals surface area (Å²) in [4.78, 5) is 40.7. The predicted octanol–water partition coefficient (Wildman–Crippen LogP) is 3.18. The van der Waals surface area contributed by atoms with Crippen LogP contribution in [0.25, 0.3) is 0 Å². The molecule has 4 rings (SSSR count). The highest BCUT2D eigenvalue weighted by Crippen LogP contribution is 2.46. The Morgan fingerprint density at radius 1 is 1.09 bits per heavy atom. The maximum absolute atomic E-state index is 13.6. The molecule has 2 heterocycles. The van der Waals surface area contributed by atoms with E-state index in [1.807, 2.05) is 60.7 Å². The molecule has 2 aromatic carbocycles. The van der Waals surface area contributed by atoms with Crippen LogP contribution >= 0.6 is 11.8 Å². The van der Waals surface area contributed by atoms with Crippen LogP contribution in [0.4, 0.5) is 0 Å². The SMILES string of the molecule is CO[C@H]1S[C@H]2[C@@H](N(C#N)C(C)=O)C(=O)N2C(C(=O)OC(c2ccccc2)c2ccccc2)=C1C. The van der Waals surface area contributed by atoms with E-state index in [9.17, 15) is 19.6 Å². The van der Waals surface area contributed by atoms with Crippen LogP contribution in [-0.4, -0.2) is 51.5 Å². The van der Waals surface area contributed by atoms with Gasteiger partial charge in [-0.15, -0.1) is 0 Å². The second-order valence-corrected chi connectivity index (χ2v) is 9.06. The van der Waals surface area contributed by atoms with Crippen molar-refractivity contribution in [3.05, 3.63) is 83.1 Å².